The quantitative estimate of drug-likeness (QED) is 0.684. The lowest BCUT2D eigenvalue weighted by atomic mass is 10.0. The van der Waals surface area contributed by atoms with Crippen LogP contribution in [-0.4, -0.2) is 60.7 Å². The molecular weight excluding hydrogens is 358 g/mol. The molecule has 1 aromatic carbocycles. The van der Waals surface area contributed by atoms with Crippen LogP contribution < -0.4 is 15.4 Å². The normalized spacial score (nSPS) is 23.7. The van der Waals surface area contributed by atoms with E-state index in [1.54, 1.807) is 4.90 Å². The number of rotatable bonds is 6. The zero-order valence-corrected chi connectivity index (χ0v) is 16.9. The molecule has 1 heterocycles. The van der Waals surface area contributed by atoms with E-state index in [2.05, 4.69) is 17.6 Å². The number of ether oxygens (including phenoxy) is 1. The zero-order valence-electron chi connectivity index (χ0n) is 16.9. The molecule has 3 N–H and O–H groups in total. The first kappa shape index (κ1) is 20.6. The SMILES string of the molecule is CNC[C@H]1Oc2ccc(NC(=O)C3CC3)cc2CC(=O)N([C@@H](C)CO)C[C@H]1C. The summed E-state index contributed by atoms with van der Waals surface area (Å²) in [6, 6.07) is 5.24. The van der Waals surface area contributed by atoms with E-state index < -0.39 is 0 Å². The molecule has 0 saturated heterocycles. The zero-order chi connectivity index (χ0) is 20.3. The Labute approximate surface area is 166 Å². The Morgan fingerprint density at radius 1 is 1.39 bits per heavy atom. The van der Waals surface area contributed by atoms with E-state index in [1.807, 2.05) is 32.2 Å². The van der Waals surface area contributed by atoms with Gasteiger partial charge < -0.3 is 25.4 Å². The van der Waals surface area contributed by atoms with Crippen molar-refractivity contribution in [1.82, 2.24) is 10.2 Å². The number of amides is 2. The van der Waals surface area contributed by atoms with Crippen LogP contribution in [0.2, 0.25) is 0 Å². The van der Waals surface area contributed by atoms with Gasteiger partial charge in [0.2, 0.25) is 11.8 Å². The predicted molar refractivity (Wildman–Crippen MR) is 107 cm³/mol. The number of carbonyl (C=O) groups is 2. The van der Waals surface area contributed by atoms with Crippen molar-refractivity contribution < 1.29 is 19.4 Å². The molecule has 3 atom stereocenters. The molecule has 0 radical (unpaired) electrons. The van der Waals surface area contributed by atoms with Crippen LogP contribution in [-0.2, 0) is 16.0 Å². The minimum atomic E-state index is -0.260. The number of aliphatic hydroxyl groups excluding tert-OH is 1. The van der Waals surface area contributed by atoms with Crippen molar-refractivity contribution in [3.63, 3.8) is 0 Å². The maximum atomic E-state index is 13.0. The highest BCUT2D eigenvalue weighted by molar-refractivity contribution is 5.94. The molecular formula is C21H31N3O4. The van der Waals surface area contributed by atoms with Crippen LogP contribution in [0.1, 0.15) is 32.3 Å². The molecule has 2 aliphatic rings. The van der Waals surface area contributed by atoms with Crippen molar-refractivity contribution >= 4 is 17.5 Å². The van der Waals surface area contributed by atoms with Gasteiger partial charge in [-0.15, -0.1) is 0 Å². The summed E-state index contributed by atoms with van der Waals surface area (Å²) in [5.41, 5.74) is 1.44. The molecule has 154 valence electrons. The van der Waals surface area contributed by atoms with Crippen molar-refractivity contribution in [1.29, 1.82) is 0 Å². The Hall–Kier alpha value is -2.12. The first-order valence-corrected chi connectivity index (χ1v) is 10.1. The second kappa shape index (κ2) is 8.92. The molecule has 0 spiro atoms. The molecule has 1 aliphatic heterocycles. The third kappa shape index (κ3) is 4.83. The highest BCUT2D eigenvalue weighted by atomic mass is 16.5. The van der Waals surface area contributed by atoms with Crippen molar-refractivity contribution in [2.45, 2.75) is 45.3 Å². The first-order valence-electron chi connectivity index (χ1n) is 10.1. The van der Waals surface area contributed by atoms with E-state index in [4.69, 9.17) is 4.74 Å². The summed E-state index contributed by atoms with van der Waals surface area (Å²) in [5.74, 6) is 0.861. The molecule has 1 fully saturated rings. The third-order valence-electron chi connectivity index (χ3n) is 5.54. The summed E-state index contributed by atoms with van der Waals surface area (Å²) in [4.78, 5) is 26.8. The summed E-state index contributed by atoms with van der Waals surface area (Å²) < 4.78 is 6.28. The van der Waals surface area contributed by atoms with Gasteiger partial charge in [-0.05, 0) is 45.0 Å². The molecule has 1 saturated carbocycles. The van der Waals surface area contributed by atoms with Gasteiger partial charge in [0, 0.05) is 36.2 Å². The predicted octanol–water partition coefficient (Wildman–Crippen LogP) is 1.40. The monoisotopic (exact) mass is 389 g/mol. The maximum Gasteiger partial charge on any atom is 0.227 e. The Balaban J connectivity index is 1.90. The van der Waals surface area contributed by atoms with Crippen LogP contribution in [0.4, 0.5) is 5.69 Å². The van der Waals surface area contributed by atoms with Crippen LogP contribution in [0.5, 0.6) is 5.75 Å². The molecule has 7 nitrogen and oxygen atoms in total. The molecule has 0 unspecified atom stereocenters. The number of aliphatic hydroxyl groups is 1. The van der Waals surface area contributed by atoms with Crippen molar-refractivity contribution in [2.24, 2.45) is 11.8 Å². The largest absolute Gasteiger partial charge is 0.488 e. The fourth-order valence-electron chi connectivity index (χ4n) is 3.54. The number of benzene rings is 1. The number of hydrogen-bond donors (Lipinski definition) is 3. The van der Waals surface area contributed by atoms with Gasteiger partial charge in [0.05, 0.1) is 19.1 Å². The van der Waals surface area contributed by atoms with E-state index in [0.29, 0.717) is 24.5 Å². The van der Waals surface area contributed by atoms with Crippen LogP contribution in [0.25, 0.3) is 0 Å². The second-order valence-electron chi connectivity index (χ2n) is 8.03. The summed E-state index contributed by atoms with van der Waals surface area (Å²) >= 11 is 0. The van der Waals surface area contributed by atoms with Gasteiger partial charge in [0.15, 0.2) is 0 Å². The standard InChI is InChI=1S/C21H31N3O4/c1-13-11-24(14(2)12-25)20(26)9-16-8-17(23-21(27)15-4-5-15)6-7-18(16)28-19(13)10-22-3/h6-8,13-15,19,22,25H,4-5,9-12H2,1-3H3,(H,23,27)/t13-,14+,19-/m1/s1. The Kier molecular flexibility index (Phi) is 6.57. The van der Waals surface area contributed by atoms with Crippen molar-refractivity contribution in [2.75, 3.05) is 32.1 Å². The number of hydrogen-bond acceptors (Lipinski definition) is 5. The third-order valence-corrected chi connectivity index (χ3v) is 5.54. The average molecular weight is 389 g/mol. The second-order valence-corrected chi connectivity index (χ2v) is 8.03. The smallest absolute Gasteiger partial charge is 0.227 e. The number of anilines is 1. The van der Waals surface area contributed by atoms with Gasteiger partial charge in [-0.25, -0.2) is 0 Å². The van der Waals surface area contributed by atoms with Crippen molar-refractivity contribution in [3.8, 4) is 5.75 Å². The fourth-order valence-corrected chi connectivity index (χ4v) is 3.54. The van der Waals surface area contributed by atoms with Crippen molar-refractivity contribution in [3.05, 3.63) is 23.8 Å². The van der Waals surface area contributed by atoms with Gasteiger partial charge in [0.25, 0.3) is 0 Å². The molecule has 0 bridgehead atoms. The summed E-state index contributed by atoms with van der Waals surface area (Å²) in [6.45, 7) is 4.99. The van der Waals surface area contributed by atoms with E-state index in [-0.39, 0.29) is 48.8 Å². The van der Waals surface area contributed by atoms with E-state index in [9.17, 15) is 14.7 Å². The van der Waals surface area contributed by atoms with E-state index >= 15 is 0 Å². The Bertz CT molecular complexity index is 720. The number of nitrogens with one attached hydrogen (secondary N) is 2. The number of carbonyl (C=O) groups excluding carboxylic acids is 2. The number of likely N-dealkylation sites (N-methyl/N-ethyl adjacent to an activating group) is 1. The van der Waals surface area contributed by atoms with Crippen LogP contribution in [0.15, 0.2) is 18.2 Å². The van der Waals surface area contributed by atoms with Crippen LogP contribution in [0.3, 0.4) is 0 Å². The first-order chi connectivity index (χ1) is 13.4. The highest BCUT2D eigenvalue weighted by Gasteiger charge is 2.31. The topological polar surface area (TPSA) is 90.9 Å². The number of fused-ring (bicyclic) bond motifs is 1. The molecule has 3 rings (SSSR count). The van der Waals surface area contributed by atoms with E-state index in [1.165, 1.54) is 0 Å². The lowest BCUT2D eigenvalue weighted by Gasteiger charge is -2.32. The summed E-state index contributed by atoms with van der Waals surface area (Å²) in [5, 5.41) is 15.7. The van der Waals surface area contributed by atoms with Gasteiger partial charge in [-0.2, -0.15) is 0 Å². The molecule has 0 aromatic heterocycles. The molecule has 1 aliphatic carbocycles. The minimum absolute atomic E-state index is 0.0347. The average Bonchev–Trinajstić information content (AvgIpc) is 3.51. The lowest BCUT2D eigenvalue weighted by Crippen LogP contribution is -2.47. The van der Waals surface area contributed by atoms with Gasteiger partial charge in [-0.1, -0.05) is 6.92 Å². The fraction of sp³-hybridized carbons (Fsp3) is 0.619. The van der Waals surface area contributed by atoms with E-state index in [0.717, 1.165) is 18.4 Å². The van der Waals surface area contributed by atoms with Crippen LogP contribution >= 0.6 is 0 Å². The minimum Gasteiger partial charge on any atom is -0.488 e. The summed E-state index contributed by atoms with van der Waals surface area (Å²) in [7, 11) is 1.87. The molecule has 1 aromatic rings. The number of nitrogens with zero attached hydrogens (tertiary/aromatic N) is 1. The molecule has 28 heavy (non-hydrogen) atoms. The van der Waals surface area contributed by atoms with Gasteiger partial charge in [-0.3, -0.25) is 9.59 Å². The summed E-state index contributed by atoms with van der Waals surface area (Å²) in [6.07, 6.45) is 1.94. The Morgan fingerprint density at radius 2 is 2.14 bits per heavy atom. The Morgan fingerprint density at radius 3 is 2.79 bits per heavy atom. The van der Waals surface area contributed by atoms with Crippen LogP contribution in [0, 0.1) is 11.8 Å². The van der Waals surface area contributed by atoms with Gasteiger partial charge in [0.1, 0.15) is 11.9 Å². The molecule has 2 amide bonds. The lowest BCUT2D eigenvalue weighted by molar-refractivity contribution is -0.134. The van der Waals surface area contributed by atoms with Gasteiger partial charge >= 0.3 is 0 Å². The molecule has 7 heteroatoms. The highest BCUT2D eigenvalue weighted by Crippen LogP contribution is 2.32. The maximum absolute atomic E-state index is 13.0.